The fraction of sp³-hybridized carbons (Fsp3) is 0.550. The van der Waals surface area contributed by atoms with Crippen LogP contribution in [0.25, 0.3) is 0 Å². The van der Waals surface area contributed by atoms with E-state index in [2.05, 4.69) is 20.8 Å². The molecule has 1 saturated heterocycles. The molecule has 132 valence electrons. The summed E-state index contributed by atoms with van der Waals surface area (Å²) in [5.41, 5.74) is 1.16. The summed E-state index contributed by atoms with van der Waals surface area (Å²) < 4.78 is 0. The first kappa shape index (κ1) is 16.3. The van der Waals surface area contributed by atoms with Gasteiger partial charge in [0.25, 0.3) is 11.8 Å². The van der Waals surface area contributed by atoms with E-state index in [9.17, 15) is 14.4 Å². The van der Waals surface area contributed by atoms with Crippen molar-refractivity contribution in [2.24, 2.45) is 10.8 Å². The van der Waals surface area contributed by atoms with Crippen molar-refractivity contribution in [2.75, 3.05) is 13.1 Å². The Morgan fingerprint density at radius 2 is 1.68 bits per heavy atom. The second-order valence-corrected chi connectivity index (χ2v) is 8.98. The van der Waals surface area contributed by atoms with E-state index >= 15 is 0 Å². The second kappa shape index (κ2) is 5.16. The third kappa shape index (κ3) is 2.57. The summed E-state index contributed by atoms with van der Waals surface area (Å²) >= 11 is 0. The molecule has 2 bridgehead atoms. The molecule has 0 aromatic heterocycles. The average molecular weight is 340 g/mol. The minimum absolute atomic E-state index is 0.110. The molecule has 4 rings (SSSR count). The molecule has 2 heterocycles. The van der Waals surface area contributed by atoms with Crippen LogP contribution in [0, 0.1) is 10.8 Å². The van der Waals surface area contributed by atoms with Gasteiger partial charge in [-0.1, -0.05) is 32.9 Å². The Kier molecular flexibility index (Phi) is 3.37. The number of benzene rings is 1. The first-order chi connectivity index (χ1) is 11.7. The lowest BCUT2D eigenvalue weighted by Gasteiger charge is -2.39. The predicted molar refractivity (Wildman–Crippen MR) is 93.0 cm³/mol. The monoisotopic (exact) mass is 340 g/mol. The highest BCUT2D eigenvalue weighted by Gasteiger charge is 2.51. The van der Waals surface area contributed by atoms with E-state index in [0.29, 0.717) is 11.1 Å². The van der Waals surface area contributed by atoms with Crippen LogP contribution in [0.5, 0.6) is 0 Å². The van der Waals surface area contributed by atoms with E-state index in [1.54, 1.807) is 24.3 Å². The van der Waals surface area contributed by atoms with Crippen molar-refractivity contribution >= 4 is 17.7 Å². The molecular formula is C20H24N2O3. The SMILES string of the molecule is CC1(C)C[C@H]2C[C@](C)(CN2C(=O)CN2C(=O)c3ccccc3C2=O)C1. The summed E-state index contributed by atoms with van der Waals surface area (Å²) in [5.74, 6) is -0.828. The molecule has 0 N–H and O–H groups in total. The van der Waals surface area contributed by atoms with Gasteiger partial charge in [-0.15, -0.1) is 0 Å². The predicted octanol–water partition coefficient (Wildman–Crippen LogP) is 2.71. The molecule has 3 amide bonds. The van der Waals surface area contributed by atoms with Crippen molar-refractivity contribution in [2.45, 2.75) is 46.1 Å². The quantitative estimate of drug-likeness (QED) is 0.778. The molecular weight excluding hydrogens is 316 g/mol. The molecule has 1 aliphatic carbocycles. The van der Waals surface area contributed by atoms with E-state index in [1.807, 2.05) is 4.90 Å². The Morgan fingerprint density at radius 1 is 1.08 bits per heavy atom. The topological polar surface area (TPSA) is 57.7 Å². The number of hydrogen-bond acceptors (Lipinski definition) is 3. The molecule has 5 nitrogen and oxygen atoms in total. The zero-order valence-electron chi connectivity index (χ0n) is 15.0. The van der Waals surface area contributed by atoms with E-state index in [1.165, 1.54) is 0 Å². The van der Waals surface area contributed by atoms with Crippen molar-refractivity contribution < 1.29 is 14.4 Å². The van der Waals surface area contributed by atoms with E-state index in [0.717, 1.165) is 30.7 Å². The lowest BCUT2D eigenvalue weighted by atomic mass is 9.65. The van der Waals surface area contributed by atoms with E-state index in [-0.39, 0.29) is 41.1 Å². The first-order valence-electron chi connectivity index (χ1n) is 8.94. The minimum atomic E-state index is -0.359. The number of amides is 3. The van der Waals surface area contributed by atoms with Gasteiger partial charge in [-0.2, -0.15) is 0 Å². The molecule has 3 aliphatic rings. The number of carbonyl (C=O) groups is 3. The number of rotatable bonds is 2. The Balaban J connectivity index is 1.53. The zero-order valence-corrected chi connectivity index (χ0v) is 15.0. The summed E-state index contributed by atoms with van der Waals surface area (Å²) in [5, 5.41) is 0. The van der Waals surface area contributed by atoms with Gasteiger partial charge in [0, 0.05) is 12.6 Å². The van der Waals surface area contributed by atoms with Gasteiger partial charge < -0.3 is 4.90 Å². The van der Waals surface area contributed by atoms with Crippen LogP contribution in [0.1, 0.15) is 60.7 Å². The van der Waals surface area contributed by atoms with E-state index in [4.69, 9.17) is 0 Å². The second-order valence-electron chi connectivity index (χ2n) is 8.98. The third-order valence-electron chi connectivity index (χ3n) is 5.91. The number of fused-ring (bicyclic) bond motifs is 3. The molecule has 2 fully saturated rings. The molecule has 0 unspecified atom stereocenters. The maximum Gasteiger partial charge on any atom is 0.262 e. The Labute approximate surface area is 148 Å². The van der Waals surface area contributed by atoms with Crippen LogP contribution in [-0.4, -0.2) is 46.7 Å². The van der Waals surface area contributed by atoms with Crippen molar-refractivity contribution in [3.8, 4) is 0 Å². The Bertz CT molecular complexity index is 750. The highest BCUT2D eigenvalue weighted by Crippen LogP contribution is 2.52. The van der Waals surface area contributed by atoms with Gasteiger partial charge in [-0.05, 0) is 42.2 Å². The molecule has 2 aliphatic heterocycles. The molecule has 2 atom stereocenters. The number of imide groups is 1. The summed E-state index contributed by atoms with van der Waals surface area (Å²) in [6.45, 7) is 7.34. The molecule has 0 spiro atoms. The Morgan fingerprint density at radius 3 is 2.28 bits per heavy atom. The van der Waals surface area contributed by atoms with Crippen LogP contribution in [0.2, 0.25) is 0 Å². The maximum atomic E-state index is 12.9. The molecule has 25 heavy (non-hydrogen) atoms. The fourth-order valence-corrected chi connectivity index (χ4v) is 5.36. The number of carbonyl (C=O) groups excluding carboxylic acids is 3. The largest absolute Gasteiger partial charge is 0.338 e. The number of nitrogens with zero attached hydrogens (tertiary/aromatic N) is 2. The Hall–Kier alpha value is -2.17. The van der Waals surface area contributed by atoms with Crippen LogP contribution in [0.3, 0.4) is 0 Å². The molecule has 1 aromatic rings. The summed E-state index contributed by atoms with van der Waals surface area (Å²) in [6.07, 6.45) is 3.11. The molecule has 1 aromatic carbocycles. The summed E-state index contributed by atoms with van der Waals surface area (Å²) in [6, 6.07) is 6.99. The van der Waals surface area contributed by atoms with Gasteiger partial charge in [-0.3, -0.25) is 19.3 Å². The van der Waals surface area contributed by atoms with Gasteiger partial charge in [-0.25, -0.2) is 0 Å². The molecule has 1 saturated carbocycles. The number of hydrogen-bond donors (Lipinski definition) is 0. The standard InChI is InChI=1S/C20H24N2O3/c1-19(2)8-13-9-20(3,11-19)12-22(13)16(23)10-21-17(24)14-6-4-5-7-15(14)18(21)25/h4-7,13H,8-12H2,1-3H3/t13-,20-/m0/s1. The summed E-state index contributed by atoms with van der Waals surface area (Å²) in [4.78, 5) is 40.9. The van der Waals surface area contributed by atoms with Crippen molar-refractivity contribution in [3.05, 3.63) is 35.4 Å². The molecule has 0 radical (unpaired) electrons. The van der Waals surface area contributed by atoms with Gasteiger partial charge in [0.15, 0.2) is 0 Å². The number of likely N-dealkylation sites (tertiary alicyclic amines) is 1. The average Bonchev–Trinajstić information content (AvgIpc) is 2.92. The smallest absolute Gasteiger partial charge is 0.262 e. The minimum Gasteiger partial charge on any atom is -0.338 e. The van der Waals surface area contributed by atoms with Crippen LogP contribution in [0.4, 0.5) is 0 Å². The van der Waals surface area contributed by atoms with Crippen LogP contribution < -0.4 is 0 Å². The van der Waals surface area contributed by atoms with Gasteiger partial charge in [0.05, 0.1) is 11.1 Å². The van der Waals surface area contributed by atoms with Gasteiger partial charge in [0.2, 0.25) is 5.91 Å². The van der Waals surface area contributed by atoms with Crippen molar-refractivity contribution in [1.82, 2.24) is 9.80 Å². The highest BCUT2D eigenvalue weighted by atomic mass is 16.2. The van der Waals surface area contributed by atoms with Gasteiger partial charge >= 0.3 is 0 Å². The van der Waals surface area contributed by atoms with E-state index < -0.39 is 0 Å². The normalized spacial score (nSPS) is 30.0. The summed E-state index contributed by atoms with van der Waals surface area (Å²) in [7, 11) is 0. The third-order valence-corrected chi connectivity index (χ3v) is 5.91. The van der Waals surface area contributed by atoms with Crippen LogP contribution in [-0.2, 0) is 4.79 Å². The van der Waals surface area contributed by atoms with Gasteiger partial charge in [0.1, 0.15) is 6.54 Å². The molecule has 5 heteroatoms. The fourth-order valence-electron chi connectivity index (χ4n) is 5.36. The van der Waals surface area contributed by atoms with Crippen molar-refractivity contribution in [3.63, 3.8) is 0 Å². The first-order valence-corrected chi connectivity index (χ1v) is 8.94. The van der Waals surface area contributed by atoms with Crippen LogP contribution >= 0.6 is 0 Å². The maximum absolute atomic E-state index is 12.9. The van der Waals surface area contributed by atoms with Crippen LogP contribution in [0.15, 0.2) is 24.3 Å². The van der Waals surface area contributed by atoms with Crippen molar-refractivity contribution in [1.29, 1.82) is 0 Å². The zero-order chi connectivity index (χ0) is 18.0. The lowest BCUT2D eigenvalue weighted by Crippen LogP contribution is -2.45. The highest BCUT2D eigenvalue weighted by molar-refractivity contribution is 6.22. The lowest BCUT2D eigenvalue weighted by molar-refractivity contribution is -0.132.